The molecule has 0 unspecified atom stereocenters. The lowest BCUT2D eigenvalue weighted by Crippen LogP contribution is -2.42. The van der Waals surface area contributed by atoms with E-state index in [1.54, 1.807) is 36.4 Å². The first-order valence-electron chi connectivity index (χ1n) is 22.9. The maximum absolute atomic E-state index is 13.8. The topological polar surface area (TPSA) is 198 Å². The Balaban J connectivity index is 0.970. The molecular weight excluding hydrogens is 853 g/mol. The highest BCUT2D eigenvalue weighted by Gasteiger charge is 2.50. The summed E-state index contributed by atoms with van der Waals surface area (Å²) in [6.45, 7) is 10.1. The normalized spacial score (nSPS) is 24.8. The summed E-state index contributed by atoms with van der Waals surface area (Å²) >= 11 is 0. The van der Waals surface area contributed by atoms with Gasteiger partial charge in [0.15, 0.2) is 19.7 Å². The van der Waals surface area contributed by atoms with Gasteiger partial charge in [0.05, 0.1) is 59.9 Å². The summed E-state index contributed by atoms with van der Waals surface area (Å²) < 4.78 is 78.4. The molecule has 6 rings (SSSR count). The first-order valence-corrected chi connectivity index (χ1v) is 26.2. The van der Waals surface area contributed by atoms with Crippen LogP contribution in [0.25, 0.3) is 0 Å². The lowest BCUT2D eigenvalue weighted by Gasteiger charge is -2.39. The van der Waals surface area contributed by atoms with E-state index in [9.17, 15) is 27.0 Å². The molecule has 0 radical (unpaired) electrons. The molecule has 350 valence electrons. The van der Waals surface area contributed by atoms with Crippen LogP contribution in [0.15, 0.2) is 94.7 Å². The van der Waals surface area contributed by atoms with E-state index in [2.05, 4.69) is 13.8 Å². The van der Waals surface area contributed by atoms with Crippen LogP contribution in [0, 0.1) is 10.8 Å². The standard InChI is InChI=1S/C50H68N2O10S2/c1-5-9-23-49(7-3)33-63(55,56)43-21-15-37(51)31-41(43)45(47(49)53)35-11-17-39(18-12-35)61-29-27-59-25-26-60-28-30-62-40-19-13-36(14-20-40)46-42-32-38(52)16-22-44(42)64(57,58)34-50(8-4,48(46)54)24-10-6-2/h11-22,31-32,45-48,53-54H,5-10,23-30,33-34,51-52H2,1-4H3/t45-,46+,47-,48+,49-,50+. The van der Waals surface area contributed by atoms with Crippen LogP contribution in [0.1, 0.15) is 113 Å². The van der Waals surface area contributed by atoms with Crippen molar-refractivity contribution in [3.63, 3.8) is 0 Å². The Morgan fingerprint density at radius 2 is 0.906 bits per heavy atom. The molecule has 2 aliphatic rings. The molecular formula is C50H68N2O10S2. The van der Waals surface area contributed by atoms with Crippen molar-refractivity contribution in [3.8, 4) is 11.5 Å². The van der Waals surface area contributed by atoms with E-state index in [-0.39, 0.29) is 21.3 Å². The molecule has 2 aliphatic heterocycles. The number of sulfone groups is 2. The van der Waals surface area contributed by atoms with Gasteiger partial charge < -0.3 is 40.6 Å². The predicted molar refractivity (Wildman–Crippen MR) is 252 cm³/mol. The van der Waals surface area contributed by atoms with E-state index in [1.807, 2.05) is 62.4 Å². The highest BCUT2D eigenvalue weighted by Crippen LogP contribution is 2.51. The maximum atomic E-state index is 13.8. The Labute approximate surface area is 380 Å². The van der Waals surface area contributed by atoms with E-state index < -0.39 is 54.5 Å². The van der Waals surface area contributed by atoms with Gasteiger partial charge in [0, 0.05) is 34.0 Å². The van der Waals surface area contributed by atoms with Gasteiger partial charge in [-0.3, -0.25) is 0 Å². The van der Waals surface area contributed by atoms with Crippen molar-refractivity contribution in [2.75, 3.05) is 62.6 Å². The number of unbranched alkanes of at least 4 members (excludes halogenated alkanes) is 2. The molecule has 14 heteroatoms. The Morgan fingerprint density at radius 3 is 1.25 bits per heavy atom. The molecule has 2 heterocycles. The van der Waals surface area contributed by atoms with Crippen LogP contribution < -0.4 is 20.9 Å². The quantitative estimate of drug-likeness (QED) is 0.0464. The summed E-state index contributed by atoms with van der Waals surface area (Å²) in [6.07, 6.45) is 3.84. The summed E-state index contributed by atoms with van der Waals surface area (Å²) in [5.41, 5.74) is 14.3. The van der Waals surface area contributed by atoms with Crippen LogP contribution in [0.3, 0.4) is 0 Å². The number of hydrogen-bond acceptors (Lipinski definition) is 12. The van der Waals surface area contributed by atoms with E-state index in [1.165, 1.54) is 0 Å². The number of fused-ring (bicyclic) bond motifs is 2. The van der Waals surface area contributed by atoms with Crippen LogP contribution in [-0.2, 0) is 29.1 Å². The number of anilines is 2. The fourth-order valence-electron chi connectivity index (χ4n) is 9.82. The lowest BCUT2D eigenvalue weighted by atomic mass is 9.69. The fraction of sp³-hybridized carbons (Fsp3) is 0.520. The van der Waals surface area contributed by atoms with E-state index in [4.69, 9.17) is 30.4 Å². The molecule has 0 aromatic heterocycles. The van der Waals surface area contributed by atoms with E-state index >= 15 is 0 Å². The number of ether oxygens (including phenoxy) is 4. The third-order valence-electron chi connectivity index (χ3n) is 13.6. The van der Waals surface area contributed by atoms with Crippen molar-refractivity contribution in [2.24, 2.45) is 10.8 Å². The average molecular weight is 921 g/mol. The average Bonchev–Trinajstić information content (AvgIpc) is 3.39. The number of aliphatic hydroxyl groups excluding tert-OH is 2. The van der Waals surface area contributed by atoms with Crippen LogP contribution in [0.2, 0.25) is 0 Å². The first-order chi connectivity index (χ1) is 30.6. The third kappa shape index (κ3) is 10.9. The van der Waals surface area contributed by atoms with E-state index in [0.29, 0.717) is 99.3 Å². The van der Waals surface area contributed by atoms with Crippen LogP contribution >= 0.6 is 0 Å². The molecule has 0 amide bonds. The molecule has 4 aromatic rings. The molecule has 0 fully saturated rings. The number of aliphatic hydroxyl groups is 2. The lowest BCUT2D eigenvalue weighted by molar-refractivity contribution is 0.0173. The van der Waals surface area contributed by atoms with E-state index in [0.717, 1.165) is 36.8 Å². The largest absolute Gasteiger partial charge is 0.491 e. The van der Waals surface area contributed by atoms with Gasteiger partial charge in [0.2, 0.25) is 0 Å². The van der Waals surface area contributed by atoms with Gasteiger partial charge in [-0.1, -0.05) is 77.6 Å². The number of benzene rings is 4. The molecule has 0 spiro atoms. The summed E-state index contributed by atoms with van der Waals surface area (Å²) in [5, 5.41) is 24.2. The zero-order chi connectivity index (χ0) is 46.1. The molecule has 6 atom stereocenters. The Kier molecular flexibility index (Phi) is 16.5. The zero-order valence-electron chi connectivity index (χ0n) is 37.8. The molecule has 4 aromatic carbocycles. The highest BCUT2D eigenvalue weighted by molar-refractivity contribution is 7.91. The Bertz CT molecular complexity index is 2210. The zero-order valence-corrected chi connectivity index (χ0v) is 39.5. The van der Waals surface area contributed by atoms with Gasteiger partial charge in [-0.2, -0.15) is 0 Å². The first kappa shape index (κ1) is 49.3. The van der Waals surface area contributed by atoms with Crippen LogP contribution in [0.5, 0.6) is 11.5 Å². The van der Waals surface area contributed by atoms with Crippen molar-refractivity contribution < 1.29 is 46.0 Å². The van der Waals surface area contributed by atoms with Gasteiger partial charge in [0.1, 0.15) is 24.7 Å². The monoisotopic (exact) mass is 920 g/mol. The minimum absolute atomic E-state index is 0.112. The fourth-order valence-corrected chi connectivity index (χ4v) is 14.3. The van der Waals surface area contributed by atoms with Gasteiger partial charge in [-0.05, 0) is 109 Å². The Morgan fingerprint density at radius 1 is 0.547 bits per heavy atom. The minimum atomic E-state index is -3.68. The molecule has 12 nitrogen and oxygen atoms in total. The molecule has 64 heavy (non-hydrogen) atoms. The number of nitrogens with two attached hydrogens (primary N) is 2. The highest BCUT2D eigenvalue weighted by atomic mass is 32.2. The van der Waals surface area contributed by atoms with Crippen LogP contribution in [0.4, 0.5) is 11.4 Å². The van der Waals surface area contributed by atoms with Gasteiger partial charge in [-0.15, -0.1) is 0 Å². The minimum Gasteiger partial charge on any atom is -0.491 e. The number of rotatable bonds is 21. The number of nitrogen functional groups attached to an aromatic ring is 2. The van der Waals surface area contributed by atoms with Crippen molar-refractivity contribution in [3.05, 3.63) is 107 Å². The second-order valence-corrected chi connectivity index (χ2v) is 21.6. The molecule has 0 bridgehead atoms. The van der Waals surface area contributed by atoms with Crippen molar-refractivity contribution in [1.29, 1.82) is 0 Å². The second kappa shape index (κ2) is 21.4. The van der Waals surface area contributed by atoms with Crippen molar-refractivity contribution in [2.45, 2.75) is 113 Å². The maximum Gasteiger partial charge on any atom is 0.179 e. The molecule has 6 N–H and O–H groups in total. The molecule has 0 saturated carbocycles. The Hall–Kier alpha value is -4.18. The summed E-state index contributed by atoms with van der Waals surface area (Å²) in [7, 11) is -7.36. The van der Waals surface area contributed by atoms with Gasteiger partial charge >= 0.3 is 0 Å². The summed E-state index contributed by atoms with van der Waals surface area (Å²) in [5.74, 6) is -0.137. The summed E-state index contributed by atoms with van der Waals surface area (Å²) in [4.78, 5) is 0.457. The third-order valence-corrected chi connectivity index (χ3v) is 17.6. The SMILES string of the molecule is CCCC[C@]1(CC)CS(=O)(=O)c2ccc(N)cc2[C@@H](c2ccc(OCCOCCOCCOc3ccc([C@H]4c5cc(N)ccc5S(=O)(=O)C[C@](CC)(CCCC)[C@H]4O)cc3)cc2)[C@H]1O. The van der Waals surface area contributed by atoms with Crippen molar-refractivity contribution in [1.82, 2.24) is 0 Å². The van der Waals surface area contributed by atoms with Crippen molar-refractivity contribution >= 4 is 31.0 Å². The second-order valence-electron chi connectivity index (χ2n) is 17.7. The predicted octanol–water partition coefficient (Wildman–Crippen LogP) is 8.08. The van der Waals surface area contributed by atoms with Gasteiger partial charge in [0.25, 0.3) is 0 Å². The molecule has 0 saturated heterocycles. The molecule has 0 aliphatic carbocycles. The van der Waals surface area contributed by atoms with Gasteiger partial charge in [-0.25, -0.2) is 16.8 Å². The number of hydrogen-bond donors (Lipinski definition) is 4. The smallest absolute Gasteiger partial charge is 0.179 e. The summed E-state index contributed by atoms with van der Waals surface area (Å²) in [6, 6.07) is 24.6. The van der Waals surface area contributed by atoms with Crippen LogP contribution in [-0.4, -0.2) is 90.4 Å².